The molecule has 2 aromatic rings. The van der Waals surface area contributed by atoms with Gasteiger partial charge in [0.1, 0.15) is 0 Å². The lowest BCUT2D eigenvalue weighted by molar-refractivity contribution is 0.0697. The van der Waals surface area contributed by atoms with E-state index in [-0.39, 0.29) is 0 Å². The number of aromatic carboxylic acids is 1. The SMILES string of the molecule is CCCCn1c(C)cc2cc(C(=O)O)ccc21. The van der Waals surface area contributed by atoms with Crippen LogP contribution >= 0.6 is 0 Å². The number of aryl methyl sites for hydroxylation is 2. The van der Waals surface area contributed by atoms with Gasteiger partial charge in [0, 0.05) is 23.1 Å². The van der Waals surface area contributed by atoms with E-state index < -0.39 is 5.97 Å². The van der Waals surface area contributed by atoms with Gasteiger partial charge in [-0.25, -0.2) is 4.79 Å². The molecule has 0 amide bonds. The van der Waals surface area contributed by atoms with Crippen molar-refractivity contribution < 1.29 is 9.90 Å². The van der Waals surface area contributed by atoms with Gasteiger partial charge >= 0.3 is 5.97 Å². The maximum Gasteiger partial charge on any atom is 0.335 e. The lowest BCUT2D eigenvalue weighted by Crippen LogP contribution is -2.00. The Morgan fingerprint density at radius 2 is 2.12 bits per heavy atom. The number of hydrogen-bond acceptors (Lipinski definition) is 1. The van der Waals surface area contributed by atoms with E-state index in [2.05, 4.69) is 24.5 Å². The fourth-order valence-corrected chi connectivity index (χ4v) is 2.15. The van der Waals surface area contributed by atoms with Crippen LogP contribution in [0.4, 0.5) is 0 Å². The third-order valence-corrected chi connectivity index (χ3v) is 3.09. The van der Waals surface area contributed by atoms with E-state index in [4.69, 9.17) is 5.11 Å². The first-order chi connectivity index (χ1) is 8.13. The molecule has 1 heterocycles. The molecule has 2 rings (SSSR count). The number of aromatic nitrogens is 1. The molecule has 3 nitrogen and oxygen atoms in total. The molecule has 0 aliphatic rings. The Morgan fingerprint density at radius 3 is 2.76 bits per heavy atom. The third kappa shape index (κ3) is 2.18. The smallest absolute Gasteiger partial charge is 0.335 e. The molecule has 0 unspecified atom stereocenters. The summed E-state index contributed by atoms with van der Waals surface area (Å²) in [5.41, 5.74) is 2.67. The highest BCUT2D eigenvalue weighted by molar-refractivity contribution is 5.94. The first-order valence-electron chi connectivity index (χ1n) is 5.96. The predicted molar refractivity (Wildman–Crippen MR) is 68.5 cm³/mol. The van der Waals surface area contributed by atoms with Gasteiger partial charge in [-0.2, -0.15) is 0 Å². The average molecular weight is 231 g/mol. The first-order valence-corrected chi connectivity index (χ1v) is 5.96. The highest BCUT2D eigenvalue weighted by Crippen LogP contribution is 2.21. The molecular weight excluding hydrogens is 214 g/mol. The number of carboxylic acids is 1. The summed E-state index contributed by atoms with van der Waals surface area (Å²) in [7, 11) is 0. The summed E-state index contributed by atoms with van der Waals surface area (Å²) < 4.78 is 2.25. The molecule has 0 saturated carbocycles. The quantitative estimate of drug-likeness (QED) is 0.875. The van der Waals surface area contributed by atoms with Crippen LogP contribution in [-0.2, 0) is 6.54 Å². The van der Waals surface area contributed by atoms with Gasteiger partial charge in [0.15, 0.2) is 0 Å². The van der Waals surface area contributed by atoms with Gasteiger partial charge in [-0.05, 0) is 37.6 Å². The van der Waals surface area contributed by atoms with Gasteiger partial charge in [-0.15, -0.1) is 0 Å². The minimum Gasteiger partial charge on any atom is -0.478 e. The molecule has 0 saturated heterocycles. The number of rotatable bonds is 4. The fraction of sp³-hybridized carbons (Fsp3) is 0.357. The van der Waals surface area contributed by atoms with Crippen LogP contribution in [0, 0.1) is 6.92 Å². The van der Waals surface area contributed by atoms with E-state index in [1.165, 1.54) is 5.69 Å². The monoisotopic (exact) mass is 231 g/mol. The van der Waals surface area contributed by atoms with E-state index in [1.807, 2.05) is 6.07 Å². The van der Waals surface area contributed by atoms with Gasteiger partial charge < -0.3 is 9.67 Å². The molecular formula is C14H17NO2. The van der Waals surface area contributed by atoms with Crippen molar-refractivity contribution in [3.8, 4) is 0 Å². The number of benzene rings is 1. The van der Waals surface area contributed by atoms with Crippen LogP contribution in [0.2, 0.25) is 0 Å². The summed E-state index contributed by atoms with van der Waals surface area (Å²) in [6, 6.07) is 7.37. The lowest BCUT2D eigenvalue weighted by Gasteiger charge is -2.07. The zero-order valence-corrected chi connectivity index (χ0v) is 10.2. The Kier molecular flexibility index (Phi) is 3.18. The predicted octanol–water partition coefficient (Wildman–Crippen LogP) is 3.45. The fourth-order valence-electron chi connectivity index (χ4n) is 2.15. The second kappa shape index (κ2) is 4.62. The van der Waals surface area contributed by atoms with E-state index >= 15 is 0 Å². The minimum absolute atomic E-state index is 0.352. The van der Waals surface area contributed by atoms with Crippen LogP contribution in [0.5, 0.6) is 0 Å². The van der Waals surface area contributed by atoms with Crippen LogP contribution < -0.4 is 0 Å². The highest BCUT2D eigenvalue weighted by Gasteiger charge is 2.08. The first kappa shape index (κ1) is 11.7. The molecule has 0 atom stereocenters. The largest absolute Gasteiger partial charge is 0.478 e. The van der Waals surface area contributed by atoms with Gasteiger partial charge in [-0.1, -0.05) is 13.3 Å². The molecule has 1 N–H and O–H groups in total. The van der Waals surface area contributed by atoms with Crippen molar-refractivity contribution in [1.29, 1.82) is 0 Å². The van der Waals surface area contributed by atoms with Crippen LogP contribution in [0.25, 0.3) is 10.9 Å². The minimum atomic E-state index is -0.870. The Morgan fingerprint density at radius 1 is 1.35 bits per heavy atom. The van der Waals surface area contributed by atoms with Crippen molar-refractivity contribution in [2.75, 3.05) is 0 Å². The highest BCUT2D eigenvalue weighted by atomic mass is 16.4. The topological polar surface area (TPSA) is 42.2 Å². The molecule has 0 fully saturated rings. The van der Waals surface area contributed by atoms with Crippen LogP contribution in [0.3, 0.4) is 0 Å². The zero-order valence-electron chi connectivity index (χ0n) is 10.2. The van der Waals surface area contributed by atoms with E-state index in [0.29, 0.717) is 5.56 Å². The molecule has 1 aromatic carbocycles. The number of nitrogens with zero attached hydrogens (tertiary/aromatic N) is 1. The summed E-state index contributed by atoms with van der Waals surface area (Å²) in [5, 5.41) is 9.97. The standard InChI is InChI=1S/C14H17NO2/c1-3-4-7-15-10(2)8-12-9-11(14(16)17)5-6-13(12)15/h5-6,8-9H,3-4,7H2,1-2H3,(H,16,17). The second-order valence-corrected chi connectivity index (χ2v) is 4.37. The maximum atomic E-state index is 10.9. The Balaban J connectivity index is 2.48. The van der Waals surface area contributed by atoms with Crippen molar-refractivity contribution in [1.82, 2.24) is 4.57 Å². The third-order valence-electron chi connectivity index (χ3n) is 3.09. The second-order valence-electron chi connectivity index (χ2n) is 4.37. The summed E-state index contributed by atoms with van der Waals surface area (Å²) in [5.74, 6) is -0.870. The Labute approximate surface area is 101 Å². The van der Waals surface area contributed by atoms with Crippen LogP contribution in [0.15, 0.2) is 24.3 Å². The summed E-state index contributed by atoms with van der Waals surface area (Å²) >= 11 is 0. The number of unbranched alkanes of at least 4 members (excludes halogenated alkanes) is 1. The number of carbonyl (C=O) groups is 1. The van der Waals surface area contributed by atoms with Crippen molar-refractivity contribution in [3.05, 3.63) is 35.5 Å². The molecule has 0 aliphatic carbocycles. The summed E-state index contributed by atoms with van der Waals surface area (Å²) in [6.45, 7) is 5.23. The Hall–Kier alpha value is -1.77. The van der Waals surface area contributed by atoms with Crippen molar-refractivity contribution in [3.63, 3.8) is 0 Å². The maximum absolute atomic E-state index is 10.9. The number of fused-ring (bicyclic) bond motifs is 1. The molecule has 0 spiro atoms. The summed E-state index contributed by atoms with van der Waals surface area (Å²) in [4.78, 5) is 10.9. The van der Waals surface area contributed by atoms with E-state index in [1.54, 1.807) is 12.1 Å². The van der Waals surface area contributed by atoms with Gasteiger partial charge in [0.25, 0.3) is 0 Å². The molecule has 3 heteroatoms. The average Bonchev–Trinajstić information content (AvgIpc) is 2.61. The number of hydrogen-bond donors (Lipinski definition) is 1. The van der Waals surface area contributed by atoms with Crippen LogP contribution in [0.1, 0.15) is 35.8 Å². The van der Waals surface area contributed by atoms with Gasteiger partial charge in [0.05, 0.1) is 5.56 Å². The van der Waals surface area contributed by atoms with E-state index in [9.17, 15) is 4.79 Å². The molecule has 0 radical (unpaired) electrons. The molecule has 0 aliphatic heterocycles. The van der Waals surface area contributed by atoms with E-state index in [0.717, 1.165) is 30.3 Å². The van der Waals surface area contributed by atoms with Crippen molar-refractivity contribution in [2.24, 2.45) is 0 Å². The molecule has 0 bridgehead atoms. The molecule has 90 valence electrons. The van der Waals surface area contributed by atoms with Gasteiger partial charge in [-0.3, -0.25) is 0 Å². The molecule has 1 aromatic heterocycles. The van der Waals surface area contributed by atoms with Crippen molar-refractivity contribution >= 4 is 16.9 Å². The van der Waals surface area contributed by atoms with Crippen LogP contribution in [-0.4, -0.2) is 15.6 Å². The molecule has 17 heavy (non-hydrogen) atoms. The zero-order chi connectivity index (χ0) is 12.4. The normalized spacial score (nSPS) is 10.9. The van der Waals surface area contributed by atoms with Gasteiger partial charge in [0.2, 0.25) is 0 Å². The Bertz CT molecular complexity index is 555. The van der Waals surface area contributed by atoms with Crippen molar-refractivity contribution in [2.45, 2.75) is 33.2 Å². The summed E-state index contributed by atoms with van der Waals surface area (Å²) in [6.07, 6.45) is 2.30. The lowest BCUT2D eigenvalue weighted by atomic mass is 10.1. The number of carboxylic acid groups (broad SMARTS) is 1.